The van der Waals surface area contributed by atoms with Crippen molar-refractivity contribution in [3.8, 4) is 5.75 Å². The number of phenols is 1. The molecule has 150 valence electrons. The van der Waals surface area contributed by atoms with Gasteiger partial charge in [0, 0.05) is 5.69 Å². The molecule has 5 nitrogen and oxygen atoms in total. The van der Waals surface area contributed by atoms with Crippen molar-refractivity contribution in [2.45, 2.75) is 17.0 Å². The molecule has 6 heteroatoms. The van der Waals surface area contributed by atoms with Gasteiger partial charge < -0.3 is 10.4 Å². The molecule has 0 aromatic heterocycles. The Labute approximate surface area is 175 Å². The highest BCUT2D eigenvalue weighted by atomic mass is 32.2. The van der Waals surface area contributed by atoms with Crippen LogP contribution in [0.25, 0.3) is 10.8 Å². The van der Waals surface area contributed by atoms with E-state index < -0.39 is 16.1 Å². The molecular formula is C24H20N2O3S. The second kappa shape index (κ2) is 7.16. The summed E-state index contributed by atoms with van der Waals surface area (Å²) in [5, 5.41) is 15.2. The monoisotopic (exact) mass is 416 g/mol. The molecule has 0 fully saturated rings. The van der Waals surface area contributed by atoms with Crippen LogP contribution in [0.1, 0.15) is 23.2 Å². The van der Waals surface area contributed by atoms with Crippen LogP contribution < -0.4 is 10.0 Å². The molecule has 5 rings (SSSR count). The quantitative estimate of drug-likeness (QED) is 0.411. The van der Waals surface area contributed by atoms with E-state index in [-0.39, 0.29) is 16.7 Å². The normalized spacial score (nSPS) is 17.9. The molecule has 0 saturated carbocycles. The highest BCUT2D eigenvalue weighted by Crippen LogP contribution is 2.46. The lowest BCUT2D eigenvalue weighted by Gasteiger charge is -2.25. The van der Waals surface area contributed by atoms with Crippen LogP contribution in [0.5, 0.6) is 5.75 Å². The van der Waals surface area contributed by atoms with E-state index in [1.54, 1.807) is 54.6 Å². The van der Waals surface area contributed by atoms with Crippen LogP contribution in [0.2, 0.25) is 0 Å². The summed E-state index contributed by atoms with van der Waals surface area (Å²) in [6, 6.07) is 26.4. The summed E-state index contributed by atoms with van der Waals surface area (Å²) < 4.78 is 29.2. The Morgan fingerprint density at radius 3 is 2.00 bits per heavy atom. The third-order valence-electron chi connectivity index (χ3n) is 5.50. The zero-order chi connectivity index (χ0) is 20.7. The number of nitrogens with one attached hydrogen (secondary N) is 2. The molecule has 0 aliphatic heterocycles. The van der Waals surface area contributed by atoms with Gasteiger partial charge >= 0.3 is 0 Å². The fourth-order valence-electron chi connectivity index (χ4n) is 4.14. The van der Waals surface area contributed by atoms with Gasteiger partial charge in [-0.1, -0.05) is 54.6 Å². The fraction of sp³-hybridized carbons (Fsp3) is 0.0833. The minimum atomic E-state index is -3.72. The van der Waals surface area contributed by atoms with E-state index in [2.05, 4.69) is 10.0 Å². The van der Waals surface area contributed by atoms with Crippen LogP contribution in [0, 0.1) is 0 Å². The lowest BCUT2D eigenvalue weighted by molar-refractivity contribution is 0.475. The minimum Gasteiger partial charge on any atom is -0.508 e. The maximum Gasteiger partial charge on any atom is 0.241 e. The molecule has 4 aromatic rings. The molecular weight excluding hydrogens is 396 g/mol. The number of phenolic OH excluding ortho intramolecular Hbond substituents is 1. The number of sulfonamides is 1. The van der Waals surface area contributed by atoms with Gasteiger partial charge in [0.1, 0.15) is 5.75 Å². The van der Waals surface area contributed by atoms with Gasteiger partial charge in [0.25, 0.3) is 0 Å². The Morgan fingerprint density at radius 2 is 1.33 bits per heavy atom. The number of rotatable bonds is 5. The summed E-state index contributed by atoms with van der Waals surface area (Å²) in [6.07, 6.45) is 0. The zero-order valence-corrected chi connectivity index (χ0v) is 16.8. The summed E-state index contributed by atoms with van der Waals surface area (Å²) >= 11 is 0. The first-order chi connectivity index (χ1) is 14.5. The van der Waals surface area contributed by atoms with Crippen LogP contribution in [0.15, 0.2) is 95.9 Å². The smallest absolute Gasteiger partial charge is 0.241 e. The average Bonchev–Trinajstić information content (AvgIpc) is 3.05. The summed E-state index contributed by atoms with van der Waals surface area (Å²) in [4.78, 5) is 0.233. The molecule has 0 bridgehead atoms. The van der Waals surface area contributed by atoms with Crippen molar-refractivity contribution >= 4 is 26.5 Å². The van der Waals surface area contributed by atoms with E-state index in [1.807, 2.05) is 36.4 Å². The molecule has 0 spiro atoms. The number of benzene rings is 4. The number of hydrogen-bond donors (Lipinski definition) is 3. The summed E-state index contributed by atoms with van der Waals surface area (Å²) in [5.74, 6) is 0.179. The van der Waals surface area contributed by atoms with Crippen molar-refractivity contribution in [1.82, 2.24) is 4.72 Å². The third kappa shape index (κ3) is 3.20. The first-order valence-corrected chi connectivity index (χ1v) is 11.2. The van der Waals surface area contributed by atoms with Crippen molar-refractivity contribution in [3.63, 3.8) is 0 Å². The first-order valence-electron chi connectivity index (χ1n) is 9.67. The fourth-order valence-corrected chi connectivity index (χ4v) is 5.39. The van der Waals surface area contributed by atoms with Crippen molar-refractivity contribution < 1.29 is 13.5 Å². The Balaban J connectivity index is 1.60. The summed E-state index contributed by atoms with van der Waals surface area (Å²) in [5.41, 5.74) is 2.78. The van der Waals surface area contributed by atoms with E-state index >= 15 is 0 Å². The molecule has 30 heavy (non-hydrogen) atoms. The summed E-state index contributed by atoms with van der Waals surface area (Å²) in [6.45, 7) is 0. The van der Waals surface area contributed by atoms with Gasteiger partial charge in [0.05, 0.1) is 17.0 Å². The van der Waals surface area contributed by atoms with Gasteiger partial charge in [-0.05, 0) is 58.3 Å². The second-order valence-corrected chi connectivity index (χ2v) is 9.09. The Morgan fingerprint density at radius 1 is 0.700 bits per heavy atom. The molecule has 0 radical (unpaired) electrons. The molecule has 4 aromatic carbocycles. The lowest BCUT2D eigenvalue weighted by atomic mass is 10.0. The van der Waals surface area contributed by atoms with Gasteiger partial charge in [0.15, 0.2) is 0 Å². The van der Waals surface area contributed by atoms with Crippen LogP contribution in [-0.4, -0.2) is 13.5 Å². The van der Waals surface area contributed by atoms with Gasteiger partial charge in [-0.2, -0.15) is 0 Å². The van der Waals surface area contributed by atoms with Crippen molar-refractivity contribution in [2.24, 2.45) is 0 Å². The van der Waals surface area contributed by atoms with Gasteiger partial charge in [-0.25, -0.2) is 13.1 Å². The van der Waals surface area contributed by atoms with Gasteiger partial charge in [-0.3, -0.25) is 0 Å². The maximum absolute atomic E-state index is 13.1. The highest BCUT2D eigenvalue weighted by molar-refractivity contribution is 7.89. The van der Waals surface area contributed by atoms with Crippen LogP contribution >= 0.6 is 0 Å². The largest absolute Gasteiger partial charge is 0.508 e. The SMILES string of the molecule is O=S(=O)(NC1c2cccc3cccc(c23)C1Nc1ccc(O)cc1)c1ccccc1. The predicted octanol–water partition coefficient (Wildman–Crippen LogP) is 4.73. The second-order valence-electron chi connectivity index (χ2n) is 7.37. The Kier molecular flexibility index (Phi) is 4.46. The molecule has 0 heterocycles. The molecule has 2 atom stereocenters. The Bertz CT molecular complexity index is 1310. The number of aromatic hydroxyl groups is 1. The van der Waals surface area contributed by atoms with E-state index in [4.69, 9.17) is 0 Å². The maximum atomic E-state index is 13.1. The van der Waals surface area contributed by atoms with Crippen molar-refractivity contribution in [3.05, 3.63) is 102 Å². The third-order valence-corrected chi connectivity index (χ3v) is 6.95. The van der Waals surface area contributed by atoms with Gasteiger partial charge in [-0.15, -0.1) is 0 Å². The van der Waals surface area contributed by atoms with Crippen molar-refractivity contribution in [2.75, 3.05) is 5.32 Å². The number of hydrogen-bond acceptors (Lipinski definition) is 4. The van der Waals surface area contributed by atoms with E-state index in [1.165, 1.54) is 0 Å². The molecule has 1 aliphatic carbocycles. The molecule has 3 N–H and O–H groups in total. The van der Waals surface area contributed by atoms with Crippen molar-refractivity contribution in [1.29, 1.82) is 0 Å². The average molecular weight is 417 g/mol. The van der Waals surface area contributed by atoms with Crippen LogP contribution in [0.3, 0.4) is 0 Å². The molecule has 0 amide bonds. The predicted molar refractivity (Wildman–Crippen MR) is 118 cm³/mol. The van der Waals surface area contributed by atoms with Gasteiger partial charge in [0.2, 0.25) is 10.0 Å². The standard InChI is InChI=1S/C24H20N2O3S/c27-18-14-12-17(13-15-18)25-23-20-10-4-6-16-7-5-11-21(22(16)20)24(23)26-30(28,29)19-8-2-1-3-9-19/h1-15,23-27H. The number of anilines is 1. The Hall–Kier alpha value is -3.35. The van der Waals surface area contributed by atoms with Crippen LogP contribution in [-0.2, 0) is 10.0 Å². The lowest BCUT2D eigenvalue weighted by Crippen LogP contribution is -2.33. The van der Waals surface area contributed by atoms with E-state index in [0.29, 0.717) is 0 Å². The first kappa shape index (κ1) is 18.7. The van der Waals surface area contributed by atoms with E-state index in [0.717, 1.165) is 27.6 Å². The topological polar surface area (TPSA) is 78.4 Å². The summed E-state index contributed by atoms with van der Waals surface area (Å²) in [7, 11) is -3.72. The van der Waals surface area contributed by atoms with Crippen LogP contribution in [0.4, 0.5) is 5.69 Å². The highest BCUT2D eigenvalue weighted by Gasteiger charge is 2.37. The minimum absolute atomic E-state index is 0.179. The molecule has 2 unspecified atom stereocenters. The zero-order valence-electron chi connectivity index (χ0n) is 16.0. The molecule has 1 aliphatic rings. The molecule has 0 saturated heterocycles. The van der Waals surface area contributed by atoms with E-state index in [9.17, 15) is 13.5 Å².